The van der Waals surface area contributed by atoms with Crippen LogP contribution in [0.15, 0.2) is 0 Å². The van der Waals surface area contributed by atoms with Crippen LogP contribution in [-0.2, 0) is 4.79 Å². The summed E-state index contributed by atoms with van der Waals surface area (Å²) < 4.78 is 0. The van der Waals surface area contributed by atoms with Gasteiger partial charge in [0.25, 0.3) is 0 Å². The van der Waals surface area contributed by atoms with Crippen LogP contribution in [0.5, 0.6) is 0 Å². The van der Waals surface area contributed by atoms with Gasteiger partial charge in [0.2, 0.25) is 0 Å². The van der Waals surface area contributed by atoms with E-state index in [0.29, 0.717) is 5.78 Å². The van der Waals surface area contributed by atoms with Gasteiger partial charge in [0, 0.05) is 12.8 Å². The lowest BCUT2D eigenvalue weighted by Gasteiger charge is -2.28. The largest absolute Gasteiger partial charge is 0.300 e. The number of Topliss-reactive ketones (excluding diaryl/α,β-unsaturated/α-hetero) is 1. The van der Waals surface area contributed by atoms with Crippen molar-refractivity contribution < 1.29 is 4.79 Å². The molecule has 16 heavy (non-hydrogen) atoms. The quantitative estimate of drug-likeness (QED) is 0.590. The first-order chi connectivity index (χ1) is 7.84. The normalized spacial score (nSPS) is 33.9. The van der Waals surface area contributed by atoms with Gasteiger partial charge in [0.15, 0.2) is 0 Å². The van der Waals surface area contributed by atoms with Crippen LogP contribution in [0.4, 0.5) is 0 Å². The topological polar surface area (TPSA) is 17.1 Å². The number of hydrogen-bond donors (Lipinski definition) is 0. The van der Waals surface area contributed by atoms with E-state index in [2.05, 4.69) is 0 Å². The molecular weight excluding hydrogens is 196 g/mol. The van der Waals surface area contributed by atoms with Crippen LogP contribution >= 0.6 is 0 Å². The summed E-state index contributed by atoms with van der Waals surface area (Å²) in [6.07, 6.45) is 15.6. The minimum Gasteiger partial charge on any atom is -0.300 e. The molecule has 1 heteroatoms. The van der Waals surface area contributed by atoms with Gasteiger partial charge >= 0.3 is 0 Å². The Balaban J connectivity index is 1.86. The van der Waals surface area contributed by atoms with Gasteiger partial charge in [-0.2, -0.15) is 0 Å². The summed E-state index contributed by atoms with van der Waals surface area (Å²) in [4.78, 5) is 11.7. The lowest BCUT2D eigenvalue weighted by Crippen LogP contribution is -2.23. The molecule has 2 rings (SSSR count). The van der Waals surface area contributed by atoms with Crippen molar-refractivity contribution in [3.05, 3.63) is 0 Å². The van der Waals surface area contributed by atoms with Gasteiger partial charge in [-0.25, -0.2) is 0 Å². The molecule has 2 saturated carbocycles. The maximum Gasteiger partial charge on any atom is 0.133 e. The molecule has 0 spiro atoms. The van der Waals surface area contributed by atoms with E-state index in [1.165, 1.54) is 64.2 Å². The Kier molecular flexibility index (Phi) is 4.87. The molecule has 2 atom stereocenters. The van der Waals surface area contributed by atoms with Gasteiger partial charge in [-0.1, -0.05) is 57.8 Å². The van der Waals surface area contributed by atoms with Crippen molar-refractivity contribution in [3.63, 3.8) is 0 Å². The third-order valence-corrected chi connectivity index (χ3v) is 4.42. The summed E-state index contributed by atoms with van der Waals surface area (Å²) in [5.41, 5.74) is 0. The van der Waals surface area contributed by atoms with Gasteiger partial charge in [-0.15, -0.1) is 0 Å². The van der Waals surface area contributed by atoms with Crippen LogP contribution in [0.2, 0.25) is 0 Å². The number of rotatable bonds is 0. The molecule has 2 aliphatic carbocycles. The van der Waals surface area contributed by atoms with Crippen LogP contribution in [-0.4, -0.2) is 5.78 Å². The zero-order chi connectivity index (χ0) is 11.2. The maximum atomic E-state index is 11.7. The minimum atomic E-state index is 0.554. The van der Waals surface area contributed by atoms with Crippen molar-refractivity contribution in [2.45, 2.75) is 77.0 Å². The SMILES string of the molecule is O=C1C[C@@H]2CCCCCCCCC[C@@H](C1)C2. The van der Waals surface area contributed by atoms with Crippen molar-refractivity contribution in [1.82, 2.24) is 0 Å². The number of hydrogen-bond acceptors (Lipinski definition) is 1. The van der Waals surface area contributed by atoms with E-state index in [1.54, 1.807) is 0 Å². The molecule has 0 aromatic rings. The summed E-state index contributed by atoms with van der Waals surface area (Å²) in [5, 5.41) is 0. The standard InChI is InChI=1S/C15H26O/c16-15-11-13-8-6-4-2-1-3-5-7-9-14(10-13)12-15/h13-14H,1-12H2/t13-,14-/m1/s1. The fraction of sp³-hybridized carbons (Fsp3) is 0.933. The molecule has 0 aromatic carbocycles. The predicted octanol–water partition coefficient (Wildman–Crippen LogP) is 4.50. The van der Waals surface area contributed by atoms with Crippen LogP contribution < -0.4 is 0 Å². The average molecular weight is 222 g/mol. The molecule has 0 aromatic heterocycles. The number of carbonyl (C=O) groups excluding carboxylic acids is 1. The first-order valence-electron chi connectivity index (χ1n) is 7.36. The molecule has 0 radical (unpaired) electrons. The van der Waals surface area contributed by atoms with Crippen LogP contribution in [0.1, 0.15) is 77.0 Å². The lowest BCUT2D eigenvalue weighted by atomic mass is 9.76. The average Bonchev–Trinajstić information content (AvgIpc) is 2.24. The van der Waals surface area contributed by atoms with Gasteiger partial charge in [-0.3, -0.25) is 4.79 Å². The molecular formula is C15H26O. The molecule has 0 unspecified atom stereocenters. The summed E-state index contributed by atoms with van der Waals surface area (Å²) in [5.74, 6) is 2.04. The molecule has 1 nitrogen and oxygen atoms in total. The Hall–Kier alpha value is -0.330. The zero-order valence-corrected chi connectivity index (χ0v) is 10.5. The van der Waals surface area contributed by atoms with Gasteiger partial charge in [0.1, 0.15) is 5.78 Å². The second kappa shape index (κ2) is 6.42. The van der Waals surface area contributed by atoms with E-state index in [0.717, 1.165) is 24.7 Å². The molecule has 2 bridgehead atoms. The molecule has 0 aliphatic heterocycles. The number of fused-ring (bicyclic) bond motifs is 2. The lowest BCUT2D eigenvalue weighted by molar-refractivity contribution is -0.123. The van der Waals surface area contributed by atoms with Gasteiger partial charge in [-0.05, 0) is 18.3 Å². The highest BCUT2D eigenvalue weighted by molar-refractivity contribution is 5.79. The second-order valence-corrected chi connectivity index (χ2v) is 5.97. The van der Waals surface area contributed by atoms with Crippen molar-refractivity contribution in [2.24, 2.45) is 11.8 Å². The van der Waals surface area contributed by atoms with Crippen molar-refractivity contribution in [1.29, 1.82) is 0 Å². The summed E-state index contributed by atoms with van der Waals surface area (Å²) in [7, 11) is 0. The van der Waals surface area contributed by atoms with E-state index in [-0.39, 0.29) is 0 Å². The Morgan fingerprint density at radius 1 is 0.688 bits per heavy atom. The molecule has 0 heterocycles. The molecule has 92 valence electrons. The van der Waals surface area contributed by atoms with Crippen LogP contribution in [0, 0.1) is 11.8 Å². The van der Waals surface area contributed by atoms with Crippen molar-refractivity contribution >= 4 is 5.78 Å². The van der Waals surface area contributed by atoms with Gasteiger partial charge < -0.3 is 0 Å². The highest BCUT2D eigenvalue weighted by Gasteiger charge is 2.26. The van der Waals surface area contributed by atoms with Crippen LogP contribution in [0.3, 0.4) is 0 Å². The molecule has 2 aliphatic rings. The van der Waals surface area contributed by atoms with E-state index in [4.69, 9.17) is 0 Å². The number of carbonyl (C=O) groups is 1. The molecule has 2 fully saturated rings. The highest BCUT2D eigenvalue weighted by atomic mass is 16.1. The first kappa shape index (κ1) is 12.1. The van der Waals surface area contributed by atoms with Crippen molar-refractivity contribution in [3.8, 4) is 0 Å². The predicted molar refractivity (Wildman–Crippen MR) is 67.4 cm³/mol. The van der Waals surface area contributed by atoms with E-state index >= 15 is 0 Å². The minimum absolute atomic E-state index is 0.554. The maximum absolute atomic E-state index is 11.7. The fourth-order valence-electron chi connectivity index (χ4n) is 3.56. The summed E-state index contributed by atoms with van der Waals surface area (Å²) in [6, 6.07) is 0. The third-order valence-electron chi connectivity index (χ3n) is 4.42. The summed E-state index contributed by atoms with van der Waals surface area (Å²) >= 11 is 0. The first-order valence-corrected chi connectivity index (χ1v) is 7.36. The van der Waals surface area contributed by atoms with E-state index < -0.39 is 0 Å². The van der Waals surface area contributed by atoms with E-state index in [9.17, 15) is 4.79 Å². The van der Waals surface area contributed by atoms with Gasteiger partial charge in [0.05, 0.1) is 0 Å². The third kappa shape index (κ3) is 3.92. The van der Waals surface area contributed by atoms with Crippen LogP contribution in [0.25, 0.3) is 0 Å². The zero-order valence-electron chi connectivity index (χ0n) is 10.5. The Morgan fingerprint density at radius 2 is 1.12 bits per heavy atom. The van der Waals surface area contributed by atoms with E-state index in [1.807, 2.05) is 0 Å². The second-order valence-electron chi connectivity index (χ2n) is 5.97. The smallest absolute Gasteiger partial charge is 0.133 e. The van der Waals surface area contributed by atoms with Crippen molar-refractivity contribution in [2.75, 3.05) is 0 Å². The molecule has 0 amide bonds. The fourth-order valence-corrected chi connectivity index (χ4v) is 3.56. The molecule has 0 N–H and O–H groups in total. The summed E-state index contributed by atoms with van der Waals surface area (Å²) in [6.45, 7) is 0. The Labute approximate surface area is 100.0 Å². The monoisotopic (exact) mass is 222 g/mol. The number of ketones is 1. The Bertz CT molecular complexity index is 201. The molecule has 0 saturated heterocycles. The Morgan fingerprint density at radius 3 is 1.62 bits per heavy atom. The highest BCUT2D eigenvalue weighted by Crippen LogP contribution is 2.34.